The van der Waals surface area contributed by atoms with Crippen molar-refractivity contribution in [1.29, 1.82) is 0 Å². The zero-order chi connectivity index (χ0) is 44.5. The molecule has 0 spiro atoms. The van der Waals surface area contributed by atoms with E-state index in [-0.39, 0.29) is 42.5 Å². The number of benzene rings is 3. The second-order valence-electron chi connectivity index (χ2n) is 16.5. The van der Waals surface area contributed by atoms with E-state index in [1.54, 1.807) is 56.5 Å². The summed E-state index contributed by atoms with van der Waals surface area (Å²) in [5.74, 6) is -9.03. The van der Waals surface area contributed by atoms with E-state index in [4.69, 9.17) is 16.7 Å². The topological polar surface area (TPSA) is 113 Å². The lowest BCUT2D eigenvalue weighted by molar-refractivity contribution is -0.143. The predicted molar refractivity (Wildman–Crippen MR) is 219 cm³/mol. The Bertz CT molecular complexity index is 2810. The Labute approximate surface area is 358 Å². The lowest BCUT2D eigenvalue weighted by atomic mass is 9.51. The highest BCUT2D eigenvalue weighted by molar-refractivity contribution is 7.22. The van der Waals surface area contributed by atoms with Gasteiger partial charge in [-0.3, -0.25) is 23.9 Å². The van der Waals surface area contributed by atoms with Gasteiger partial charge in [-0.25, -0.2) is 9.80 Å². The zero-order valence-electron chi connectivity index (χ0n) is 33.1. The third kappa shape index (κ3) is 6.07. The number of anilines is 2. The van der Waals surface area contributed by atoms with Gasteiger partial charge < -0.3 is 5.11 Å². The fourth-order valence-electron chi connectivity index (χ4n) is 10.3. The van der Waals surface area contributed by atoms with E-state index < -0.39 is 87.8 Å². The van der Waals surface area contributed by atoms with Crippen LogP contribution in [0.1, 0.15) is 53.5 Å². The first-order chi connectivity index (χ1) is 29.2. The number of alkyl halides is 6. The molecular formula is C45H35ClF6N4O5S. The van der Waals surface area contributed by atoms with Crippen LogP contribution in [0, 0.1) is 36.0 Å². The second kappa shape index (κ2) is 14.1. The van der Waals surface area contributed by atoms with Crippen LogP contribution in [0.15, 0.2) is 85.0 Å². The van der Waals surface area contributed by atoms with Crippen LogP contribution in [-0.2, 0) is 45.0 Å². The van der Waals surface area contributed by atoms with Crippen LogP contribution in [0.2, 0.25) is 5.02 Å². The van der Waals surface area contributed by atoms with Gasteiger partial charge in [-0.2, -0.15) is 31.4 Å². The van der Waals surface area contributed by atoms with E-state index in [9.17, 15) is 45.8 Å². The summed E-state index contributed by atoms with van der Waals surface area (Å²) in [7, 11) is 1.59. The number of carbonyl (C=O) groups is 4. The summed E-state index contributed by atoms with van der Waals surface area (Å²) in [5, 5.41) is 18.0. The number of para-hydroxylation sites is 1. The van der Waals surface area contributed by atoms with Crippen LogP contribution in [0.25, 0.3) is 20.7 Å². The molecule has 0 radical (unpaired) electrons. The number of rotatable bonds is 6. The molecule has 4 amide bonds. The molecule has 3 fully saturated rings. The van der Waals surface area contributed by atoms with Crippen LogP contribution in [-0.4, -0.2) is 38.5 Å². The number of carbonyl (C=O) groups excluding carboxylic acids is 4. The Hall–Kier alpha value is -5.74. The van der Waals surface area contributed by atoms with Gasteiger partial charge in [0.15, 0.2) is 0 Å². The van der Waals surface area contributed by atoms with Gasteiger partial charge in [0.2, 0.25) is 23.6 Å². The average molecular weight is 893 g/mol. The van der Waals surface area contributed by atoms with Crippen LogP contribution in [0.3, 0.4) is 0 Å². The maximum Gasteiger partial charge on any atom is 0.416 e. The number of imide groups is 2. The Morgan fingerprint density at radius 3 is 2.29 bits per heavy atom. The van der Waals surface area contributed by atoms with Crippen molar-refractivity contribution in [2.75, 3.05) is 9.80 Å². The highest BCUT2D eigenvalue weighted by atomic mass is 35.5. The number of allylic oxidation sites excluding steroid dienone is 3. The van der Waals surface area contributed by atoms with Crippen molar-refractivity contribution in [3.63, 3.8) is 0 Å². The largest absolute Gasteiger partial charge is 0.507 e. The van der Waals surface area contributed by atoms with E-state index in [2.05, 4.69) is 6.58 Å². The normalized spacial score (nSPS) is 25.1. The predicted octanol–water partition coefficient (Wildman–Crippen LogP) is 10.2. The van der Waals surface area contributed by atoms with E-state index in [0.717, 1.165) is 25.4 Å². The van der Waals surface area contributed by atoms with Gasteiger partial charge in [-0.15, -0.1) is 17.9 Å². The number of hydrogen-bond acceptors (Lipinski definition) is 7. The van der Waals surface area contributed by atoms with Gasteiger partial charge in [0.05, 0.1) is 44.9 Å². The standard InChI is InChI=1S/C45H35ClF6N4O5S/c1-5-7-21-8-6-9-28(37(21)57)36-26-11-12-27-35(41(60)55(39(27)58)25-15-22(44(47,48)49)14-23(16-25)45(50,51)52)30(26)18-31-40(59)56(42(61)43(31,36)3)34-19-32(53-54(34)4)38-20(2)29-17-24(46)10-13-33(29)62-38/h5-6,8-11,13-17,19,27,30-31,35-36,57H,1,7,12,18H2,2-4H3. The molecule has 320 valence electrons. The smallest absolute Gasteiger partial charge is 0.416 e. The molecule has 1 N–H and O–H groups in total. The third-order valence-electron chi connectivity index (χ3n) is 13.1. The Morgan fingerprint density at radius 2 is 1.63 bits per heavy atom. The van der Waals surface area contributed by atoms with Gasteiger partial charge in [0.1, 0.15) is 17.3 Å². The van der Waals surface area contributed by atoms with Gasteiger partial charge in [0, 0.05) is 34.3 Å². The van der Waals surface area contributed by atoms with Crippen LogP contribution in [0.4, 0.5) is 37.8 Å². The monoisotopic (exact) mass is 892 g/mol. The molecule has 6 unspecified atom stereocenters. The molecule has 1 saturated carbocycles. The molecule has 4 heterocycles. The molecule has 3 aromatic carbocycles. The maximum atomic E-state index is 15.2. The molecular weight excluding hydrogens is 858 g/mol. The minimum absolute atomic E-state index is 0.0832. The van der Waals surface area contributed by atoms with Gasteiger partial charge >= 0.3 is 12.4 Å². The summed E-state index contributed by atoms with van der Waals surface area (Å²) >= 11 is 7.75. The molecule has 2 aliphatic carbocycles. The highest BCUT2D eigenvalue weighted by Gasteiger charge is 2.68. The molecule has 4 aliphatic rings. The lowest BCUT2D eigenvalue weighted by Gasteiger charge is -2.49. The van der Waals surface area contributed by atoms with Crippen molar-refractivity contribution in [3.8, 4) is 16.3 Å². The summed E-state index contributed by atoms with van der Waals surface area (Å²) in [4.78, 5) is 61.1. The number of aromatic hydroxyl groups is 1. The van der Waals surface area contributed by atoms with Crippen molar-refractivity contribution in [2.45, 2.75) is 51.4 Å². The third-order valence-corrected chi connectivity index (χ3v) is 14.7. The number of amides is 4. The minimum atomic E-state index is -5.24. The van der Waals surface area contributed by atoms with Gasteiger partial charge in [-0.05, 0) is 91.9 Å². The minimum Gasteiger partial charge on any atom is -0.507 e. The Morgan fingerprint density at radius 1 is 0.935 bits per heavy atom. The highest BCUT2D eigenvalue weighted by Crippen LogP contribution is 2.65. The van der Waals surface area contributed by atoms with Crippen LogP contribution < -0.4 is 9.80 Å². The summed E-state index contributed by atoms with van der Waals surface area (Å²) in [6, 6.07) is 12.7. The molecule has 6 atom stereocenters. The Kier molecular flexibility index (Phi) is 9.49. The van der Waals surface area contributed by atoms with E-state index in [0.29, 0.717) is 38.9 Å². The number of hydrogen-bond donors (Lipinski definition) is 1. The molecule has 2 saturated heterocycles. The molecule has 9 nitrogen and oxygen atoms in total. The number of aryl methyl sites for hydroxylation is 2. The maximum absolute atomic E-state index is 15.2. The number of aromatic nitrogens is 2. The SMILES string of the molecule is C=CCc1cccc(C2C3=CCC4C(=O)N(c5cc(C(F)(F)F)cc(C(F)(F)F)c5)C(=O)C4C3CC3C(=O)N(c4cc(-c5sc6ccc(Cl)cc6c5C)nn4C)C(=O)C32C)c1O. The average Bonchev–Trinajstić information content (AvgIpc) is 3.88. The first kappa shape index (κ1) is 41.6. The second-order valence-corrected chi connectivity index (χ2v) is 18.0. The fraction of sp³-hybridized carbons (Fsp3) is 0.311. The Balaban J connectivity index is 1.16. The van der Waals surface area contributed by atoms with Crippen LogP contribution >= 0.6 is 22.9 Å². The first-order valence-electron chi connectivity index (χ1n) is 19.6. The quantitative estimate of drug-likeness (QED) is 0.103. The molecule has 2 aromatic heterocycles. The summed E-state index contributed by atoms with van der Waals surface area (Å²) in [5.41, 5.74) is -3.31. The number of halogens is 7. The number of fused-ring (bicyclic) bond motifs is 5. The molecule has 0 bridgehead atoms. The molecule has 17 heteroatoms. The molecule has 9 rings (SSSR count). The number of nitrogens with zero attached hydrogens (tertiary/aromatic N) is 4. The summed E-state index contributed by atoms with van der Waals surface area (Å²) in [6.07, 6.45) is -7.33. The van der Waals surface area contributed by atoms with E-state index >= 15 is 4.79 Å². The summed E-state index contributed by atoms with van der Waals surface area (Å²) < 4.78 is 86.1. The number of thiophene rings is 1. The van der Waals surface area contributed by atoms with Crippen molar-refractivity contribution < 1.29 is 50.6 Å². The molecule has 2 aliphatic heterocycles. The zero-order valence-corrected chi connectivity index (χ0v) is 34.6. The van der Waals surface area contributed by atoms with Crippen molar-refractivity contribution in [3.05, 3.63) is 118 Å². The van der Waals surface area contributed by atoms with E-state index in [1.165, 1.54) is 16.0 Å². The lowest BCUT2D eigenvalue weighted by Crippen LogP contribution is -2.49. The number of phenols is 1. The fourth-order valence-corrected chi connectivity index (χ4v) is 11.6. The molecule has 62 heavy (non-hydrogen) atoms. The van der Waals surface area contributed by atoms with Gasteiger partial charge in [-0.1, -0.05) is 47.5 Å². The van der Waals surface area contributed by atoms with E-state index in [1.807, 2.05) is 19.1 Å². The van der Waals surface area contributed by atoms with Gasteiger partial charge in [0.25, 0.3) is 0 Å². The summed E-state index contributed by atoms with van der Waals surface area (Å²) in [6.45, 7) is 7.31. The van der Waals surface area contributed by atoms with Crippen molar-refractivity contribution in [1.82, 2.24) is 9.78 Å². The van der Waals surface area contributed by atoms with Crippen molar-refractivity contribution in [2.24, 2.45) is 36.1 Å². The van der Waals surface area contributed by atoms with Crippen molar-refractivity contribution >= 4 is 68.2 Å². The number of phenolic OH excluding ortho intramolecular Hbond substituents is 1. The van der Waals surface area contributed by atoms with Crippen LogP contribution in [0.5, 0.6) is 5.75 Å². The first-order valence-corrected chi connectivity index (χ1v) is 20.8. The molecule has 5 aromatic rings.